The summed E-state index contributed by atoms with van der Waals surface area (Å²) in [5.41, 5.74) is 1.86. The van der Waals surface area contributed by atoms with Gasteiger partial charge in [-0.05, 0) is 24.5 Å². The van der Waals surface area contributed by atoms with Gasteiger partial charge in [0.25, 0.3) is 0 Å². The minimum Gasteiger partial charge on any atom is -0.336 e. The van der Waals surface area contributed by atoms with Gasteiger partial charge in [0.1, 0.15) is 0 Å². The van der Waals surface area contributed by atoms with Crippen LogP contribution in [0.1, 0.15) is 24.0 Å². The van der Waals surface area contributed by atoms with E-state index < -0.39 is 0 Å². The van der Waals surface area contributed by atoms with Gasteiger partial charge in [-0.25, -0.2) is 4.79 Å². The second-order valence-electron chi connectivity index (χ2n) is 5.70. The lowest BCUT2D eigenvalue weighted by atomic mass is 10.0. The molecule has 0 spiro atoms. The number of hydrogen-bond acceptors (Lipinski definition) is 3. The van der Waals surface area contributed by atoms with Crippen molar-refractivity contribution >= 4 is 6.03 Å². The predicted molar refractivity (Wildman–Crippen MR) is 79.6 cm³/mol. The Morgan fingerprint density at radius 1 is 1.24 bits per heavy atom. The molecule has 1 aromatic carbocycles. The third-order valence-corrected chi connectivity index (χ3v) is 4.42. The molecule has 1 aromatic rings. The predicted octanol–water partition coefficient (Wildman–Crippen LogP) is 1.55. The molecule has 110 valence electrons. The van der Waals surface area contributed by atoms with Gasteiger partial charge in [0.15, 0.2) is 0 Å². The van der Waals surface area contributed by atoms with Crippen LogP contribution in [0.4, 0.5) is 4.79 Å². The molecule has 2 aliphatic heterocycles. The van der Waals surface area contributed by atoms with Crippen molar-refractivity contribution in [3.63, 3.8) is 0 Å². The van der Waals surface area contributed by atoms with E-state index in [4.69, 9.17) is 5.26 Å². The Morgan fingerprint density at radius 3 is 2.67 bits per heavy atom. The average molecular weight is 284 g/mol. The largest absolute Gasteiger partial charge is 0.336 e. The molecule has 5 heteroatoms. The van der Waals surface area contributed by atoms with Gasteiger partial charge in [-0.1, -0.05) is 18.2 Å². The molecule has 5 nitrogen and oxygen atoms in total. The van der Waals surface area contributed by atoms with Crippen molar-refractivity contribution in [1.29, 1.82) is 5.26 Å². The van der Waals surface area contributed by atoms with Crippen molar-refractivity contribution in [3.05, 3.63) is 35.4 Å². The zero-order valence-electron chi connectivity index (χ0n) is 12.1. The number of amides is 2. The van der Waals surface area contributed by atoms with Gasteiger partial charge < -0.3 is 10.2 Å². The molecule has 2 amide bonds. The highest BCUT2D eigenvalue weighted by Gasteiger charge is 2.30. The Labute approximate surface area is 125 Å². The van der Waals surface area contributed by atoms with Gasteiger partial charge in [-0.15, -0.1) is 0 Å². The summed E-state index contributed by atoms with van der Waals surface area (Å²) in [7, 11) is 0. The van der Waals surface area contributed by atoms with E-state index in [0.717, 1.165) is 56.7 Å². The van der Waals surface area contributed by atoms with Gasteiger partial charge in [0.2, 0.25) is 0 Å². The third-order valence-electron chi connectivity index (χ3n) is 4.42. The fourth-order valence-corrected chi connectivity index (χ4v) is 3.23. The third kappa shape index (κ3) is 3.01. The lowest BCUT2D eigenvalue weighted by Gasteiger charge is -2.36. The van der Waals surface area contributed by atoms with Gasteiger partial charge in [-0.3, -0.25) is 4.90 Å². The SMILES string of the molecule is N#Cc1ccccc1CN1CCC(N2CCNC2=O)CC1. The highest BCUT2D eigenvalue weighted by molar-refractivity contribution is 5.76. The van der Waals surface area contributed by atoms with Crippen LogP contribution in [0.15, 0.2) is 24.3 Å². The molecule has 2 heterocycles. The van der Waals surface area contributed by atoms with E-state index in [2.05, 4.69) is 16.3 Å². The van der Waals surface area contributed by atoms with Crippen molar-refractivity contribution < 1.29 is 4.79 Å². The summed E-state index contributed by atoms with van der Waals surface area (Å²) in [6, 6.07) is 10.5. The van der Waals surface area contributed by atoms with Crippen molar-refractivity contribution in [1.82, 2.24) is 15.1 Å². The zero-order chi connectivity index (χ0) is 14.7. The first-order valence-corrected chi connectivity index (χ1v) is 7.53. The molecule has 0 bridgehead atoms. The lowest BCUT2D eigenvalue weighted by Crippen LogP contribution is -2.45. The highest BCUT2D eigenvalue weighted by atomic mass is 16.2. The number of benzene rings is 1. The van der Waals surface area contributed by atoms with Crippen molar-refractivity contribution in [3.8, 4) is 6.07 Å². The molecule has 21 heavy (non-hydrogen) atoms. The molecule has 2 fully saturated rings. The second kappa shape index (κ2) is 6.15. The first-order chi connectivity index (χ1) is 10.3. The normalized spacial score (nSPS) is 20.3. The molecule has 0 radical (unpaired) electrons. The Morgan fingerprint density at radius 2 is 2.00 bits per heavy atom. The topological polar surface area (TPSA) is 59.4 Å². The maximum Gasteiger partial charge on any atom is 0.317 e. The van der Waals surface area contributed by atoms with E-state index in [1.54, 1.807) is 0 Å². The van der Waals surface area contributed by atoms with E-state index in [-0.39, 0.29) is 6.03 Å². The fraction of sp³-hybridized carbons (Fsp3) is 0.500. The van der Waals surface area contributed by atoms with Crippen molar-refractivity contribution in [2.24, 2.45) is 0 Å². The lowest BCUT2D eigenvalue weighted by molar-refractivity contribution is 0.132. The molecular weight excluding hydrogens is 264 g/mol. The maximum absolute atomic E-state index is 11.7. The summed E-state index contributed by atoms with van der Waals surface area (Å²) >= 11 is 0. The molecule has 0 aliphatic carbocycles. The van der Waals surface area contributed by atoms with Crippen LogP contribution in [0, 0.1) is 11.3 Å². The van der Waals surface area contributed by atoms with Crippen molar-refractivity contribution in [2.45, 2.75) is 25.4 Å². The van der Waals surface area contributed by atoms with E-state index in [1.807, 2.05) is 29.2 Å². The Hall–Kier alpha value is -2.06. The average Bonchev–Trinajstić information content (AvgIpc) is 2.95. The molecule has 1 N–H and O–H groups in total. The van der Waals surface area contributed by atoms with Crippen LogP contribution in [-0.4, -0.2) is 48.1 Å². The number of nitrogens with one attached hydrogen (secondary N) is 1. The number of rotatable bonds is 3. The summed E-state index contributed by atoms with van der Waals surface area (Å²) in [4.78, 5) is 16.0. The van der Waals surface area contributed by atoms with Crippen LogP contribution in [0.25, 0.3) is 0 Å². The van der Waals surface area contributed by atoms with E-state index >= 15 is 0 Å². The van der Waals surface area contributed by atoms with Crippen LogP contribution in [0.5, 0.6) is 0 Å². The molecule has 0 saturated carbocycles. The molecule has 2 aliphatic rings. The number of urea groups is 1. The maximum atomic E-state index is 11.7. The first kappa shape index (κ1) is 13.9. The van der Waals surface area contributed by atoms with Crippen LogP contribution in [-0.2, 0) is 6.54 Å². The van der Waals surface area contributed by atoms with E-state index in [0.29, 0.717) is 6.04 Å². The van der Waals surface area contributed by atoms with Crippen LogP contribution >= 0.6 is 0 Å². The fourth-order valence-electron chi connectivity index (χ4n) is 3.23. The summed E-state index contributed by atoms with van der Waals surface area (Å²) < 4.78 is 0. The Bertz CT molecular complexity index is 558. The number of carbonyl (C=O) groups is 1. The number of likely N-dealkylation sites (tertiary alicyclic amines) is 1. The zero-order valence-corrected chi connectivity index (χ0v) is 12.1. The standard InChI is InChI=1S/C16H20N4O/c17-11-13-3-1-2-4-14(13)12-19-8-5-15(6-9-19)20-10-7-18-16(20)21/h1-4,15H,5-10,12H2,(H,18,21). The molecule has 2 saturated heterocycles. The Kier molecular flexibility index (Phi) is 4.07. The molecular formula is C16H20N4O. The van der Waals surface area contributed by atoms with Gasteiger partial charge in [0.05, 0.1) is 11.6 Å². The summed E-state index contributed by atoms with van der Waals surface area (Å²) in [6.07, 6.45) is 2.03. The van der Waals surface area contributed by atoms with Crippen molar-refractivity contribution in [2.75, 3.05) is 26.2 Å². The molecule has 3 rings (SSSR count). The number of hydrogen-bond donors (Lipinski definition) is 1. The molecule has 0 atom stereocenters. The van der Waals surface area contributed by atoms with Crippen LogP contribution < -0.4 is 5.32 Å². The summed E-state index contributed by atoms with van der Waals surface area (Å²) in [5.74, 6) is 0. The monoisotopic (exact) mass is 284 g/mol. The van der Waals surface area contributed by atoms with Gasteiger partial charge in [-0.2, -0.15) is 5.26 Å². The highest BCUT2D eigenvalue weighted by Crippen LogP contribution is 2.20. The quantitative estimate of drug-likeness (QED) is 0.916. The van der Waals surface area contributed by atoms with Crippen LogP contribution in [0.2, 0.25) is 0 Å². The number of piperidine rings is 1. The molecule has 0 unspecified atom stereocenters. The number of nitrogens with zero attached hydrogens (tertiary/aromatic N) is 3. The minimum absolute atomic E-state index is 0.0864. The summed E-state index contributed by atoms with van der Waals surface area (Å²) in [5, 5.41) is 12.0. The second-order valence-corrected chi connectivity index (χ2v) is 5.70. The van der Waals surface area contributed by atoms with Gasteiger partial charge >= 0.3 is 6.03 Å². The summed E-state index contributed by atoms with van der Waals surface area (Å²) in [6.45, 7) is 4.39. The Balaban J connectivity index is 1.56. The smallest absolute Gasteiger partial charge is 0.317 e. The first-order valence-electron chi connectivity index (χ1n) is 7.53. The molecule has 0 aromatic heterocycles. The van der Waals surface area contributed by atoms with Crippen LogP contribution in [0.3, 0.4) is 0 Å². The minimum atomic E-state index is 0.0864. The van der Waals surface area contributed by atoms with E-state index in [9.17, 15) is 4.79 Å². The van der Waals surface area contributed by atoms with E-state index in [1.165, 1.54) is 0 Å². The number of nitriles is 1. The van der Waals surface area contributed by atoms with Gasteiger partial charge in [0, 0.05) is 38.8 Å². The number of carbonyl (C=O) groups excluding carboxylic acids is 1.